The molecule has 1 aliphatic heterocycles. The maximum Gasteiger partial charge on any atom is 0.160 e. The van der Waals surface area contributed by atoms with E-state index >= 15 is 0 Å². The molecule has 1 spiro atoms. The molecule has 0 amide bonds. The van der Waals surface area contributed by atoms with Gasteiger partial charge < -0.3 is 4.42 Å². The first-order valence-corrected chi connectivity index (χ1v) is 20.1. The molecule has 4 heteroatoms. The van der Waals surface area contributed by atoms with E-state index in [2.05, 4.69) is 164 Å². The van der Waals surface area contributed by atoms with Gasteiger partial charge >= 0.3 is 0 Å². The van der Waals surface area contributed by atoms with Gasteiger partial charge in [0.1, 0.15) is 11.2 Å². The van der Waals surface area contributed by atoms with Crippen LogP contribution in [0.2, 0.25) is 0 Å². The number of hydrogen-bond acceptors (Lipinski definition) is 4. The molecule has 0 bridgehead atoms. The van der Waals surface area contributed by atoms with E-state index < -0.39 is 5.41 Å². The Bertz CT molecular complexity index is 3190. The number of para-hydroxylation sites is 1. The maximum absolute atomic E-state index is 6.34. The number of benzene rings is 8. The molecule has 0 radical (unpaired) electrons. The highest BCUT2D eigenvalue weighted by molar-refractivity contribution is 7.99. The summed E-state index contributed by atoms with van der Waals surface area (Å²) in [5.41, 5.74) is 16.2. The van der Waals surface area contributed by atoms with Crippen LogP contribution in [0.5, 0.6) is 0 Å². The van der Waals surface area contributed by atoms with Crippen LogP contribution in [0.4, 0.5) is 0 Å². The number of rotatable bonds is 4. The van der Waals surface area contributed by atoms with Crippen molar-refractivity contribution in [2.45, 2.75) is 15.2 Å². The molecule has 8 aromatic carbocycles. The van der Waals surface area contributed by atoms with Crippen LogP contribution in [0, 0.1) is 0 Å². The number of hydrogen-bond donors (Lipinski definition) is 0. The molecule has 0 saturated heterocycles. The van der Waals surface area contributed by atoms with Crippen molar-refractivity contribution < 1.29 is 4.42 Å². The number of nitrogens with zero attached hydrogens (tertiary/aromatic N) is 2. The lowest BCUT2D eigenvalue weighted by atomic mass is 9.67. The molecular weight excluding hydrogens is 713 g/mol. The summed E-state index contributed by atoms with van der Waals surface area (Å²) in [5, 5.41) is 2.20. The predicted octanol–water partition coefficient (Wildman–Crippen LogP) is 13.9. The maximum atomic E-state index is 6.34. The highest BCUT2D eigenvalue weighted by atomic mass is 32.2. The lowest BCUT2D eigenvalue weighted by molar-refractivity contribution is 0.669. The van der Waals surface area contributed by atoms with Crippen LogP contribution in [-0.4, -0.2) is 9.97 Å². The third-order valence-corrected chi connectivity index (χ3v) is 13.0. The summed E-state index contributed by atoms with van der Waals surface area (Å²) in [4.78, 5) is 13.1. The van der Waals surface area contributed by atoms with Crippen molar-refractivity contribution in [3.05, 3.63) is 216 Å². The van der Waals surface area contributed by atoms with E-state index in [0.29, 0.717) is 5.82 Å². The molecule has 0 fully saturated rings. The molecule has 12 rings (SSSR count). The Balaban J connectivity index is 1.08. The summed E-state index contributed by atoms with van der Waals surface area (Å²) in [7, 11) is 0. The lowest BCUT2D eigenvalue weighted by Gasteiger charge is -2.40. The van der Waals surface area contributed by atoms with E-state index in [0.717, 1.165) is 55.6 Å². The van der Waals surface area contributed by atoms with Gasteiger partial charge in [-0.3, -0.25) is 0 Å². The average molecular weight is 745 g/mol. The molecule has 1 aliphatic carbocycles. The highest BCUT2D eigenvalue weighted by Gasteiger charge is 2.50. The first-order valence-electron chi connectivity index (χ1n) is 19.3. The van der Waals surface area contributed by atoms with Gasteiger partial charge in [0.25, 0.3) is 0 Å². The first-order chi connectivity index (χ1) is 28.3. The Morgan fingerprint density at radius 2 is 0.982 bits per heavy atom. The van der Waals surface area contributed by atoms with Crippen LogP contribution < -0.4 is 0 Å². The highest BCUT2D eigenvalue weighted by Crippen LogP contribution is 2.63. The van der Waals surface area contributed by atoms with Crippen molar-refractivity contribution >= 4 is 33.7 Å². The number of furan rings is 1. The van der Waals surface area contributed by atoms with Crippen molar-refractivity contribution in [1.29, 1.82) is 0 Å². The predicted molar refractivity (Wildman–Crippen MR) is 232 cm³/mol. The van der Waals surface area contributed by atoms with Gasteiger partial charge in [-0.25, -0.2) is 9.97 Å². The Morgan fingerprint density at radius 3 is 1.79 bits per heavy atom. The molecule has 57 heavy (non-hydrogen) atoms. The van der Waals surface area contributed by atoms with Gasteiger partial charge in [0, 0.05) is 37.3 Å². The zero-order chi connectivity index (χ0) is 37.5. The molecule has 10 aromatic rings. The summed E-state index contributed by atoms with van der Waals surface area (Å²) >= 11 is 1.88. The van der Waals surface area contributed by atoms with Gasteiger partial charge in [-0.05, 0) is 74.8 Å². The van der Waals surface area contributed by atoms with E-state index in [-0.39, 0.29) is 0 Å². The normalized spacial score (nSPS) is 13.3. The monoisotopic (exact) mass is 744 g/mol. The van der Waals surface area contributed by atoms with Crippen LogP contribution in [0.15, 0.2) is 208 Å². The van der Waals surface area contributed by atoms with Crippen molar-refractivity contribution in [3.63, 3.8) is 0 Å². The van der Waals surface area contributed by atoms with Gasteiger partial charge in [-0.1, -0.05) is 176 Å². The summed E-state index contributed by atoms with van der Waals surface area (Å²) in [5.74, 6) is 0.680. The number of fused-ring (bicyclic) bond motifs is 12. The third-order valence-electron chi connectivity index (χ3n) is 11.8. The Labute approximate surface area is 334 Å². The van der Waals surface area contributed by atoms with Gasteiger partial charge in [0.05, 0.1) is 16.8 Å². The fourth-order valence-corrected chi connectivity index (χ4v) is 10.7. The van der Waals surface area contributed by atoms with E-state index in [9.17, 15) is 0 Å². The summed E-state index contributed by atoms with van der Waals surface area (Å²) in [6, 6.07) is 69.6. The zero-order valence-corrected chi connectivity index (χ0v) is 31.5. The fourth-order valence-electron chi connectivity index (χ4n) is 9.37. The smallest absolute Gasteiger partial charge is 0.160 e. The first kappa shape index (κ1) is 32.3. The second-order valence-electron chi connectivity index (χ2n) is 14.8. The third kappa shape index (κ3) is 4.74. The van der Waals surface area contributed by atoms with Gasteiger partial charge in [-0.2, -0.15) is 0 Å². The lowest BCUT2D eigenvalue weighted by Crippen LogP contribution is -2.32. The topological polar surface area (TPSA) is 38.9 Å². The zero-order valence-electron chi connectivity index (χ0n) is 30.7. The van der Waals surface area contributed by atoms with Crippen molar-refractivity contribution in [2.24, 2.45) is 0 Å². The Morgan fingerprint density at radius 1 is 0.386 bits per heavy atom. The van der Waals surface area contributed by atoms with Crippen LogP contribution >= 0.6 is 11.8 Å². The molecule has 0 N–H and O–H groups in total. The molecule has 3 nitrogen and oxygen atoms in total. The minimum absolute atomic E-state index is 0.451. The summed E-state index contributed by atoms with van der Waals surface area (Å²) in [6.45, 7) is 0. The van der Waals surface area contributed by atoms with Crippen molar-refractivity contribution in [3.8, 4) is 56.2 Å². The van der Waals surface area contributed by atoms with Crippen LogP contribution in [0.1, 0.15) is 22.3 Å². The van der Waals surface area contributed by atoms with Crippen molar-refractivity contribution in [2.75, 3.05) is 0 Å². The Hall–Kier alpha value is -7.01. The molecule has 3 heterocycles. The van der Waals surface area contributed by atoms with Crippen LogP contribution in [0.25, 0.3) is 78.1 Å². The molecule has 2 aromatic heterocycles. The molecule has 0 atom stereocenters. The molecule has 2 aliphatic rings. The van der Waals surface area contributed by atoms with E-state index in [1.165, 1.54) is 48.7 Å². The second kappa shape index (κ2) is 12.5. The van der Waals surface area contributed by atoms with Crippen molar-refractivity contribution in [1.82, 2.24) is 9.97 Å². The number of aromatic nitrogens is 2. The fraction of sp³-hybridized carbons (Fsp3) is 0.0189. The standard InChI is InChI=1S/C53H32N2OS/c1-2-15-33(16-3-1)52-54-46(34-29-30-40-39-21-8-12-27-48(39)56-49(40)31-34)32-47(55-52)38-20-5-4-17-35(38)41-22-14-26-45-51(41)57-50-28-13-11-25-44(50)53(45)42-23-9-6-18-36(42)37-19-7-10-24-43(37)53/h1-32H. The average Bonchev–Trinajstić information content (AvgIpc) is 3.80. The van der Waals surface area contributed by atoms with E-state index in [1.807, 2.05) is 42.1 Å². The minimum atomic E-state index is -0.451. The SMILES string of the molecule is c1ccc(-c2nc(-c3ccc4c(c3)oc3ccccc34)cc(-c3ccccc3-c3cccc4c3Sc3ccccc3C43c4ccccc4-c4ccccc43)n2)cc1. The largest absolute Gasteiger partial charge is 0.456 e. The van der Waals surface area contributed by atoms with Crippen LogP contribution in [0.3, 0.4) is 0 Å². The molecule has 266 valence electrons. The van der Waals surface area contributed by atoms with E-state index in [1.54, 1.807) is 0 Å². The summed E-state index contributed by atoms with van der Waals surface area (Å²) < 4.78 is 6.34. The quantitative estimate of drug-likeness (QED) is 0.180. The van der Waals surface area contributed by atoms with Gasteiger partial charge in [0.15, 0.2) is 5.82 Å². The van der Waals surface area contributed by atoms with Gasteiger partial charge in [-0.15, -0.1) is 0 Å². The van der Waals surface area contributed by atoms with Crippen LogP contribution in [-0.2, 0) is 5.41 Å². The molecule has 0 saturated carbocycles. The van der Waals surface area contributed by atoms with E-state index in [4.69, 9.17) is 14.4 Å². The summed E-state index contributed by atoms with van der Waals surface area (Å²) in [6.07, 6.45) is 0. The molecular formula is C53H32N2OS. The molecule has 0 unspecified atom stereocenters. The van der Waals surface area contributed by atoms with Gasteiger partial charge in [0.2, 0.25) is 0 Å². The second-order valence-corrected chi connectivity index (χ2v) is 15.9. The minimum Gasteiger partial charge on any atom is -0.456 e. The Kier molecular flexibility index (Phi) is 7.08.